The second-order valence-corrected chi connectivity index (χ2v) is 5.74. The molecule has 0 unspecified atom stereocenters. The summed E-state index contributed by atoms with van der Waals surface area (Å²) in [6.07, 6.45) is 3.18. The van der Waals surface area contributed by atoms with Crippen molar-refractivity contribution in [3.8, 4) is 0 Å². The van der Waals surface area contributed by atoms with Crippen molar-refractivity contribution in [1.82, 2.24) is 4.98 Å². The summed E-state index contributed by atoms with van der Waals surface area (Å²) < 4.78 is 12.3. The quantitative estimate of drug-likeness (QED) is 0.779. The van der Waals surface area contributed by atoms with Crippen LogP contribution in [0.3, 0.4) is 0 Å². The molecule has 0 radical (unpaired) electrons. The van der Waals surface area contributed by atoms with Gasteiger partial charge in [0.2, 0.25) is 0 Å². The van der Waals surface area contributed by atoms with E-state index in [1.54, 1.807) is 0 Å². The summed E-state index contributed by atoms with van der Waals surface area (Å²) in [5, 5.41) is 1.17. The van der Waals surface area contributed by atoms with E-state index in [9.17, 15) is 4.39 Å². The smallest absolute Gasteiger partial charge is 0.0897 e. The summed E-state index contributed by atoms with van der Waals surface area (Å²) >= 11 is 0. The number of benzene rings is 1. The Kier molecular flexibility index (Phi) is 3.65. The molecule has 1 heterocycles. The highest BCUT2D eigenvalue weighted by Gasteiger charge is 2.14. The Morgan fingerprint density at radius 2 is 1.94 bits per heavy atom. The summed E-state index contributed by atoms with van der Waals surface area (Å²) in [4.78, 5) is 4.38. The molecule has 0 aliphatic carbocycles. The molecule has 96 valence electrons. The molecule has 0 fully saturated rings. The van der Waals surface area contributed by atoms with E-state index in [0.29, 0.717) is 6.42 Å². The fourth-order valence-electron chi connectivity index (χ4n) is 2.14. The van der Waals surface area contributed by atoms with Gasteiger partial charge in [-0.05, 0) is 47.6 Å². The van der Waals surface area contributed by atoms with Crippen molar-refractivity contribution in [2.75, 3.05) is 6.67 Å². The van der Waals surface area contributed by atoms with E-state index in [4.69, 9.17) is 0 Å². The zero-order chi connectivity index (χ0) is 13.2. The van der Waals surface area contributed by atoms with Crippen molar-refractivity contribution in [2.24, 2.45) is 0 Å². The van der Waals surface area contributed by atoms with Crippen LogP contribution in [0.5, 0.6) is 0 Å². The largest absolute Gasteiger partial charge is 0.256 e. The van der Waals surface area contributed by atoms with Crippen LogP contribution in [0.25, 0.3) is 10.9 Å². The van der Waals surface area contributed by atoms with Crippen LogP contribution >= 0.6 is 0 Å². The number of halogens is 1. The molecule has 1 aromatic carbocycles. The molecule has 1 nitrogen and oxygen atoms in total. The monoisotopic (exact) mass is 245 g/mol. The lowest BCUT2D eigenvalue weighted by molar-refractivity contribution is 0.473. The first kappa shape index (κ1) is 13.0. The molecule has 0 saturated heterocycles. The van der Waals surface area contributed by atoms with Crippen LogP contribution in [0.2, 0.25) is 0 Å². The Balaban J connectivity index is 2.51. The summed E-state index contributed by atoms with van der Waals surface area (Å²) in [5.74, 6) is 0. The van der Waals surface area contributed by atoms with E-state index in [0.717, 1.165) is 11.9 Å². The summed E-state index contributed by atoms with van der Waals surface area (Å²) in [6.45, 7) is 6.34. The van der Waals surface area contributed by atoms with Crippen LogP contribution in [0.15, 0.2) is 30.5 Å². The number of aromatic nitrogens is 1. The molecule has 0 spiro atoms. The van der Waals surface area contributed by atoms with Gasteiger partial charge < -0.3 is 0 Å². The van der Waals surface area contributed by atoms with Gasteiger partial charge in [0.1, 0.15) is 0 Å². The summed E-state index contributed by atoms with van der Waals surface area (Å²) in [5.41, 5.74) is 3.62. The maximum absolute atomic E-state index is 12.3. The molecule has 2 heteroatoms. The van der Waals surface area contributed by atoms with Crippen LogP contribution in [0.1, 0.15) is 38.3 Å². The molecule has 0 atom stereocenters. The number of nitrogens with zero attached hydrogens (tertiary/aromatic N) is 1. The van der Waals surface area contributed by atoms with Gasteiger partial charge in [0.05, 0.1) is 12.2 Å². The predicted molar refractivity (Wildman–Crippen MR) is 74.7 cm³/mol. The maximum atomic E-state index is 12.3. The fraction of sp³-hybridized carbons (Fsp3) is 0.438. The molecule has 2 rings (SSSR count). The third kappa shape index (κ3) is 2.69. The molecule has 18 heavy (non-hydrogen) atoms. The third-order valence-corrected chi connectivity index (χ3v) is 3.28. The van der Waals surface area contributed by atoms with E-state index < -0.39 is 0 Å². The summed E-state index contributed by atoms with van der Waals surface area (Å²) in [7, 11) is 0. The van der Waals surface area contributed by atoms with Crippen molar-refractivity contribution in [3.05, 3.63) is 41.6 Å². The fourth-order valence-corrected chi connectivity index (χ4v) is 2.14. The minimum atomic E-state index is -0.261. The first-order valence-corrected chi connectivity index (χ1v) is 6.46. The number of pyridine rings is 1. The van der Waals surface area contributed by atoms with Crippen molar-refractivity contribution >= 4 is 10.9 Å². The van der Waals surface area contributed by atoms with E-state index in [1.807, 2.05) is 12.3 Å². The average Bonchev–Trinajstić information content (AvgIpc) is 2.34. The first-order valence-electron chi connectivity index (χ1n) is 6.46. The maximum Gasteiger partial charge on any atom is 0.0897 e. The lowest BCUT2D eigenvalue weighted by Crippen LogP contribution is -2.10. The van der Waals surface area contributed by atoms with Gasteiger partial charge in [-0.2, -0.15) is 0 Å². The molecule has 0 bridgehead atoms. The van der Waals surface area contributed by atoms with E-state index in [1.165, 1.54) is 16.5 Å². The molecule has 2 aromatic rings. The molecule has 1 aromatic heterocycles. The highest BCUT2D eigenvalue weighted by molar-refractivity contribution is 5.83. The van der Waals surface area contributed by atoms with Gasteiger partial charge in [0.15, 0.2) is 0 Å². The van der Waals surface area contributed by atoms with E-state index in [-0.39, 0.29) is 12.1 Å². The second kappa shape index (κ2) is 5.05. The van der Waals surface area contributed by atoms with Crippen LogP contribution in [-0.4, -0.2) is 11.7 Å². The Morgan fingerprint density at radius 1 is 1.17 bits per heavy atom. The number of aryl methyl sites for hydroxylation is 1. The van der Waals surface area contributed by atoms with Crippen LogP contribution in [-0.2, 0) is 11.8 Å². The molecule has 0 aliphatic rings. The predicted octanol–water partition coefficient (Wildman–Crippen LogP) is 4.43. The zero-order valence-corrected chi connectivity index (χ0v) is 11.3. The van der Waals surface area contributed by atoms with Gasteiger partial charge in [-0.15, -0.1) is 0 Å². The van der Waals surface area contributed by atoms with Crippen molar-refractivity contribution in [3.63, 3.8) is 0 Å². The van der Waals surface area contributed by atoms with Crippen molar-refractivity contribution in [2.45, 2.75) is 39.0 Å². The Bertz CT molecular complexity index is 540. The molecule has 0 saturated carbocycles. The normalized spacial score (nSPS) is 12.0. The van der Waals surface area contributed by atoms with Crippen LogP contribution in [0, 0.1) is 0 Å². The molecular weight excluding hydrogens is 225 g/mol. The standard InChI is InChI=1S/C16H20FN/c1-16(2,3)13-6-7-15-14(11-13)12(5-4-9-17)8-10-18-15/h6-8,10-11H,4-5,9H2,1-3H3. The minimum Gasteiger partial charge on any atom is -0.256 e. The van der Waals surface area contributed by atoms with Crippen LogP contribution < -0.4 is 0 Å². The Hall–Kier alpha value is -1.44. The number of fused-ring (bicyclic) bond motifs is 1. The third-order valence-electron chi connectivity index (χ3n) is 3.28. The van der Waals surface area contributed by atoms with Gasteiger partial charge in [0.25, 0.3) is 0 Å². The van der Waals surface area contributed by atoms with Gasteiger partial charge >= 0.3 is 0 Å². The highest BCUT2D eigenvalue weighted by atomic mass is 19.1. The topological polar surface area (TPSA) is 12.9 Å². The van der Waals surface area contributed by atoms with Crippen molar-refractivity contribution < 1.29 is 4.39 Å². The van der Waals surface area contributed by atoms with E-state index in [2.05, 4.69) is 44.0 Å². The lowest BCUT2D eigenvalue weighted by atomic mass is 9.86. The number of rotatable bonds is 3. The number of alkyl halides is 1. The SMILES string of the molecule is CC(C)(C)c1ccc2nccc(CCCF)c2c1. The zero-order valence-electron chi connectivity index (χ0n) is 11.3. The van der Waals surface area contributed by atoms with E-state index >= 15 is 0 Å². The highest BCUT2D eigenvalue weighted by Crippen LogP contribution is 2.27. The molecule has 0 aliphatic heterocycles. The van der Waals surface area contributed by atoms with Gasteiger partial charge in [-0.3, -0.25) is 9.37 Å². The average molecular weight is 245 g/mol. The van der Waals surface area contributed by atoms with Crippen LogP contribution in [0.4, 0.5) is 4.39 Å². The van der Waals surface area contributed by atoms with Gasteiger partial charge in [-0.25, -0.2) is 0 Å². The summed E-state index contributed by atoms with van der Waals surface area (Å²) in [6, 6.07) is 8.41. The number of hydrogen-bond donors (Lipinski definition) is 0. The first-order chi connectivity index (χ1) is 8.52. The molecule has 0 N–H and O–H groups in total. The van der Waals surface area contributed by atoms with Gasteiger partial charge in [0, 0.05) is 11.6 Å². The van der Waals surface area contributed by atoms with Crippen molar-refractivity contribution in [1.29, 1.82) is 0 Å². The second-order valence-electron chi connectivity index (χ2n) is 5.74. The Labute approximate surface area is 108 Å². The Morgan fingerprint density at radius 3 is 2.61 bits per heavy atom. The number of hydrogen-bond acceptors (Lipinski definition) is 1. The van der Waals surface area contributed by atoms with Gasteiger partial charge in [-0.1, -0.05) is 26.8 Å². The molecular formula is C16H20FN. The lowest BCUT2D eigenvalue weighted by Gasteiger charge is -2.20. The minimum absolute atomic E-state index is 0.126. The molecule has 0 amide bonds.